The van der Waals surface area contributed by atoms with Crippen molar-refractivity contribution in [3.05, 3.63) is 39.7 Å². The zero-order chi connectivity index (χ0) is 22.1. The number of nitrogens with two attached hydrogens (primary N) is 1. The number of carbonyl (C=O) groups is 1. The van der Waals surface area contributed by atoms with Crippen molar-refractivity contribution in [2.75, 3.05) is 34.9 Å². The number of amides is 1. The fourth-order valence-corrected chi connectivity index (χ4v) is 4.42. The predicted molar refractivity (Wildman–Crippen MR) is 120 cm³/mol. The van der Waals surface area contributed by atoms with Gasteiger partial charge in [-0.05, 0) is 40.3 Å². The Kier molecular flexibility index (Phi) is 6.43. The van der Waals surface area contributed by atoms with Crippen LogP contribution in [0.2, 0.25) is 0 Å². The second-order valence-electron chi connectivity index (χ2n) is 7.38. The Labute approximate surface area is 192 Å². The maximum Gasteiger partial charge on any atom is 0.237 e. The number of primary amides is 1. The summed E-state index contributed by atoms with van der Waals surface area (Å²) in [6.45, 7) is 0.108. The summed E-state index contributed by atoms with van der Waals surface area (Å²) < 4.78 is 6.77. The van der Waals surface area contributed by atoms with Gasteiger partial charge in [0.05, 0.1) is 19.8 Å². The number of nitrogens with one attached hydrogen (secondary N) is 1. The maximum atomic E-state index is 11.7. The number of halogens is 1. The van der Waals surface area contributed by atoms with Crippen molar-refractivity contribution in [3.63, 3.8) is 0 Å². The van der Waals surface area contributed by atoms with Gasteiger partial charge in [0.25, 0.3) is 0 Å². The highest BCUT2D eigenvalue weighted by Crippen LogP contribution is 2.42. The van der Waals surface area contributed by atoms with Gasteiger partial charge in [0.2, 0.25) is 5.91 Å². The molecule has 0 radical (unpaired) electrons. The van der Waals surface area contributed by atoms with E-state index in [1.807, 2.05) is 24.3 Å². The second-order valence-corrected chi connectivity index (χ2v) is 8.63. The maximum absolute atomic E-state index is 11.7. The van der Waals surface area contributed by atoms with Gasteiger partial charge in [-0.2, -0.15) is 0 Å². The molecule has 0 aliphatic carbocycles. The fraction of sp³-hybridized carbons (Fsp3) is 0.421. The molecule has 0 spiro atoms. The highest BCUT2D eigenvalue weighted by Gasteiger charge is 2.48. The van der Waals surface area contributed by atoms with Crippen molar-refractivity contribution < 1.29 is 24.9 Å². The van der Waals surface area contributed by atoms with Crippen molar-refractivity contribution in [1.82, 2.24) is 9.97 Å². The van der Waals surface area contributed by atoms with E-state index in [0.29, 0.717) is 23.9 Å². The van der Waals surface area contributed by atoms with Crippen LogP contribution in [0.4, 0.5) is 17.3 Å². The van der Waals surface area contributed by atoms with E-state index in [-0.39, 0.29) is 13.2 Å². The first kappa shape index (κ1) is 22.0. The van der Waals surface area contributed by atoms with Crippen LogP contribution in [0, 0.1) is 3.57 Å². The molecule has 31 heavy (non-hydrogen) atoms. The van der Waals surface area contributed by atoms with E-state index in [1.54, 1.807) is 9.80 Å². The van der Waals surface area contributed by atoms with Crippen molar-refractivity contribution in [2.24, 2.45) is 5.73 Å². The van der Waals surface area contributed by atoms with E-state index in [0.717, 1.165) is 9.13 Å². The number of benzene rings is 1. The highest BCUT2D eigenvalue weighted by atomic mass is 127. The van der Waals surface area contributed by atoms with Gasteiger partial charge in [0.15, 0.2) is 17.9 Å². The molecule has 1 saturated heterocycles. The summed E-state index contributed by atoms with van der Waals surface area (Å²) >= 11 is 2.24. The summed E-state index contributed by atoms with van der Waals surface area (Å²) in [4.78, 5) is 23.7. The van der Waals surface area contributed by atoms with Gasteiger partial charge in [0.1, 0.15) is 30.3 Å². The van der Waals surface area contributed by atoms with Crippen LogP contribution in [0.1, 0.15) is 5.56 Å². The molecule has 0 saturated carbocycles. The highest BCUT2D eigenvalue weighted by molar-refractivity contribution is 14.1. The van der Waals surface area contributed by atoms with Gasteiger partial charge in [-0.1, -0.05) is 12.1 Å². The summed E-state index contributed by atoms with van der Waals surface area (Å²) in [5.74, 6) is 0.386. The summed E-state index contributed by atoms with van der Waals surface area (Å²) in [5, 5.41) is 33.3. The zero-order valence-corrected chi connectivity index (χ0v) is 18.6. The predicted octanol–water partition coefficient (Wildman–Crippen LogP) is -0.798. The number of aliphatic hydroxyl groups is 3. The topological polar surface area (TPSA) is 157 Å². The van der Waals surface area contributed by atoms with E-state index in [1.165, 1.54) is 6.33 Å². The molecule has 4 atom stereocenters. The quantitative estimate of drug-likeness (QED) is 0.281. The van der Waals surface area contributed by atoms with Crippen molar-refractivity contribution in [3.8, 4) is 0 Å². The minimum atomic E-state index is -1.27. The van der Waals surface area contributed by atoms with E-state index in [9.17, 15) is 20.1 Å². The van der Waals surface area contributed by atoms with Crippen molar-refractivity contribution in [1.29, 1.82) is 0 Å². The average molecular weight is 542 g/mol. The summed E-state index contributed by atoms with van der Waals surface area (Å²) in [6, 6.07) is 8.00. The van der Waals surface area contributed by atoms with Crippen LogP contribution in [-0.2, 0) is 16.1 Å². The SMILES string of the molecule is NC(=O)CN1CN([C@@H]2O[C@H](CO)C(O)C2O)c2ncnc(NCc3cccc(I)c3)c21. The molecule has 1 fully saturated rings. The molecule has 3 heterocycles. The van der Waals surface area contributed by atoms with Gasteiger partial charge in [-0.3, -0.25) is 4.79 Å². The van der Waals surface area contributed by atoms with Gasteiger partial charge >= 0.3 is 0 Å². The Hall–Kier alpha value is -2.26. The number of rotatable bonds is 7. The second kappa shape index (κ2) is 9.08. The molecule has 4 rings (SSSR count). The van der Waals surface area contributed by atoms with E-state index >= 15 is 0 Å². The zero-order valence-electron chi connectivity index (χ0n) is 16.4. The molecule has 11 nitrogen and oxygen atoms in total. The molecule has 2 aromatic rings. The van der Waals surface area contributed by atoms with Crippen molar-refractivity contribution >= 4 is 45.8 Å². The number of fused-ring (bicyclic) bond motifs is 1. The third-order valence-corrected chi connectivity index (χ3v) is 5.91. The van der Waals surface area contributed by atoms with Crippen LogP contribution in [0.3, 0.4) is 0 Å². The molecule has 1 amide bonds. The molecule has 12 heteroatoms. The number of ether oxygens (including phenoxy) is 1. The molecule has 2 unspecified atom stereocenters. The van der Waals surface area contributed by atoms with Crippen LogP contribution in [0.25, 0.3) is 0 Å². The molecule has 0 bridgehead atoms. The van der Waals surface area contributed by atoms with Crippen molar-refractivity contribution in [2.45, 2.75) is 31.1 Å². The van der Waals surface area contributed by atoms with Crippen LogP contribution in [0.5, 0.6) is 0 Å². The number of aliphatic hydroxyl groups excluding tert-OH is 3. The lowest BCUT2D eigenvalue weighted by Gasteiger charge is -2.27. The molecular formula is C19H23IN6O5. The monoisotopic (exact) mass is 542 g/mol. The Bertz CT molecular complexity index is 965. The normalized spacial score (nSPS) is 25.0. The smallest absolute Gasteiger partial charge is 0.237 e. The first-order valence-corrected chi connectivity index (χ1v) is 10.7. The summed E-state index contributed by atoms with van der Waals surface area (Å²) in [5.41, 5.74) is 7.04. The minimum absolute atomic E-state index is 0.0937. The van der Waals surface area contributed by atoms with Gasteiger partial charge < -0.3 is 40.9 Å². The van der Waals surface area contributed by atoms with Crippen LogP contribution >= 0.6 is 22.6 Å². The Morgan fingerprint density at radius 3 is 2.81 bits per heavy atom. The Morgan fingerprint density at radius 1 is 1.32 bits per heavy atom. The molecule has 166 valence electrons. The molecule has 1 aromatic carbocycles. The Morgan fingerprint density at radius 2 is 2.13 bits per heavy atom. The number of carbonyl (C=O) groups excluding carboxylic acids is 1. The van der Waals surface area contributed by atoms with Gasteiger partial charge in [-0.15, -0.1) is 0 Å². The van der Waals surface area contributed by atoms with Gasteiger partial charge in [0, 0.05) is 10.1 Å². The average Bonchev–Trinajstić information content (AvgIpc) is 3.24. The summed E-state index contributed by atoms with van der Waals surface area (Å²) in [7, 11) is 0. The molecule has 2 aliphatic rings. The Balaban J connectivity index is 1.64. The molecule has 6 N–H and O–H groups in total. The van der Waals surface area contributed by atoms with Gasteiger partial charge in [-0.25, -0.2) is 9.97 Å². The van der Waals surface area contributed by atoms with E-state index in [2.05, 4.69) is 37.9 Å². The first-order valence-electron chi connectivity index (χ1n) is 9.64. The minimum Gasteiger partial charge on any atom is -0.394 e. The number of hydrogen-bond acceptors (Lipinski definition) is 10. The lowest BCUT2D eigenvalue weighted by atomic mass is 10.1. The van der Waals surface area contributed by atoms with E-state index < -0.39 is 37.1 Å². The lowest BCUT2D eigenvalue weighted by Crippen LogP contribution is -2.47. The molecular weight excluding hydrogens is 519 g/mol. The van der Waals surface area contributed by atoms with E-state index in [4.69, 9.17) is 10.5 Å². The number of nitrogens with zero attached hydrogens (tertiary/aromatic N) is 4. The standard InChI is InChI=1S/C19H23IN6O5/c20-11-3-1-2-10(4-11)5-22-17-14-18(24-8-23-17)26(9-25(14)6-13(21)28)19-16(30)15(29)12(7-27)31-19/h1-4,8,12,15-16,19,27,29-30H,5-7,9H2,(H2,21,28)(H,22,23,24)/t12-,15?,16?,19-/m1/s1. The molecule has 1 aromatic heterocycles. The largest absolute Gasteiger partial charge is 0.394 e. The lowest BCUT2D eigenvalue weighted by molar-refractivity contribution is -0.116. The fourth-order valence-electron chi connectivity index (χ4n) is 3.81. The number of aromatic nitrogens is 2. The third-order valence-electron chi connectivity index (χ3n) is 5.23. The summed E-state index contributed by atoms with van der Waals surface area (Å²) in [6.07, 6.45) is -3.02. The van der Waals surface area contributed by atoms with Crippen LogP contribution < -0.4 is 20.9 Å². The number of hydrogen-bond donors (Lipinski definition) is 5. The van der Waals surface area contributed by atoms with Crippen LogP contribution in [-0.4, -0.2) is 75.6 Å². The van der Waals surface area contributed by atoms with Crippen LogP contribution in [0.15, 0.2) is 30.6 Å². The number of anilines is 3. The molecule has 2 aliphatic heterocycles. The first-order chi connectivity index (χ1) is 14.9. The third kappa shape index (κ3) is 4.39.